The highest BCUT2D eigenvalue weighted by atomic mass is 16.1. The lowest BCUT2D eigenvalue weighted by atomic mass is 10.00. The summed E-state index contributed by atoms with van der Waals surface area (Å²) in [5.74, 6) is 0.0460. The van der Waals surface area contributed by atoms with Crippen molar-refractivity contribution in [3.8, 4) is 0 Å². The molecule has 0 aliphatic carbocycles. The molecule has 1 atom stereocenters. The van der Waals surface area contributed by atoms with E-state index in [1.54, 1.807) is 4.57 Å². The average molecular weight is 195 g/mol. The summed E-state index contributed by atoms with van der Waals surface area (Å²) in [6.45, 7) is 4.34. The van der Waals surface area contributed by atoms with Crippen molar-refractivity contribution in [2.75, 3.05) is 0 Å². The maximum Gasteiger partial charge on any atom is 0.237 e. The molecule has 1 unspecified atom stereocenters. The molecule has 0 saturated heterocycles. The summed E-state index contributed by atoms with van der Waals surface area (Å²) in [6, 6.07) is 1.94. The van der Waals surface area contributed by atoms with Gasteiger partial charge in [0.1, 0.15) is 6.54 Å². The molecule has 78 valence electrons. The van der Waals surface area contributed by atoms with Gasteiger partial charge in [-0.15, -0.1) is 0 Å². The Kier molecular flexibility index (Phi) is 3.30. The van der Waals surface area contributed by atoms with Crippen molar-refractivity contribution in [2.24, 2.45) is 17.4 Å². The number of aromatic nitrogens is 1. The third-order valence-electron chi connectivity index (χ3n) is 2.21. The first kappa shape index (κ1) is 10.8. The maximum absolute atomic E-state index is 10.7. The van der Waals surface area contributed by atoms with Crippen LogP contribution in [0.3, 0.4) is 0 Å². The van der Waals surface area contributed by atoms with Crippen LogP contribution in [0.15, 0.2) is 18.5 Å². The molecule has 1 rings (SSSR count). The number of primary amides is 1. The van der Waals surface area contributed by atoms with Crippen molar-refractivity contribution in [2.45, 2.75) is 26.4 Å². The van der Waals surface area contributed by atoms with Crippen LogP contribution in [0.1, 0.15) is 25.5 Å². The van der Waals surface area contributed by atoms with Crippen molar-refractivity contribution in [3.05, 3.63) is 24.0 Å². The fourth-order valence-electron chi connectivity index (χ4n) is 1.32. The number of nitrogens with zero attached hydrogens (tertiary/aromatic N) is 1. The topological polar surface area (TPSA) is 74.0 Å². The second-order valence-corrected chi connectivity index (χ2v) is 3.85. The molecule has 4 heteroatoms. The Balaban J connectivity index is 2.72. The van der Waals surface area contributed by atoms with Gasteiger partial charge in [-0.25, -0.2) is 0 Å². The molecule has 0 aliphatic rings. The Labute approximate surface area is 83.9 Å². The smallest absolute Gasteiger partial charge is 0.237 e. The van der Waals surface area contributed by atoms with Crippen molar-refractivity contribution in [3.63, 3.8) is 0 Å². The van der Waals surface area contributed by atoms with Crippen LogP contribution in [0.4, 0.5) is 0 Å². The highest BCUT2D eigenvalue weighted by molar-refractivity contribution is 5.73. The van der Waals surface area contributed by atoms with Crippen LogP contribution in [-0.4, -0.2) is 10.5 Å². The van der Waals surface area contributed by atoms with Gasteiger partial charge in [0, 0.05) is 18.4 Å². The summed E-state index contributed by atoms with van der Waals surface area (Å²) in [6.07, 6.45) is 3.69. The largest absolute Gasteiger partial charge is 0.368 e. The van der Waals surface area contributed by atoms with Crippen LogP contribution in [0.5, 0.6) is 0 Å². The average Bonchev–Trinajstić information content (AvgIpc) is 2.50. The Morgan fingerprint density at radius 2 is 2.21 bits per heavy atom. The van der Waals surface area contributed by atoms with E-state index in [0.717, 1.165) is 5.56 Å². The SMILES string of the molecule is CC(C)C(N)c1ccn(CC(N)=O)c1. The Hall–Kier alpha value is -1.29. The number of carbonyl (C=O) groups is 1. The van der Waals surface area contributed by atoms with Gasteiger partial charge in [0.05, 0.1) is 0 Å². The molecule has 14 heavy (non-hydrogen) atoms. The number of amides is 1. The summed E-state index contributed by atoms with van der Waals surface area (Å²) >= 11 is 0. The molecule has 0 spiro atoms. The van der Waals surface area contributed by atoms with Crippen LogP contribution < -0.4 is 11.5 Å². The predicted molar refractivity (Wildman–Crippen MR) is 55.4 cm³/mol. The fraction of sp³-hybridized carbons (Fsp3) is 0.500. The van der Waals surface area contributed by atoms with E-state index in [-0.39, 0.29) is 18.5 Å². The number of carbonyl (C=O) groups excluding carboxylic acids is 1. The minimum Gasteiger partial charge on any atom is -0.368 e. The molecular formula is C10H17N3O. The van der Waals surface area contributed by atoms with Gasteiger partial charge in [-0.2, -0.15) is 0 Å². The van der Waals surface area contributed by atoms with Gasteiger partial charge < -0.3 is 16.0 Å². The predicted octanol–water partition coefficient (Wildman–Crippen LogP) is 0.629. The molecule has 1 heterocycles. The number of rotatable bonds is 4. The van der Waals surface area contributed by atoms with Crippen molar-refractivity contribution < 1.29 is 4.79 Å². The van der Waals surface area contributed by atoms with Crippen LogP contribution in [0.2, 0.25) is 0 Å². The van der Waals surface area contributed by atoms with Gasteiger partial charge in [0.15, 0.2) is 0 Å². The molecule has 1 aromatic rings. The maximum atomic E-state index is 10.7. The quantitative estimate of drug-likeness (QED) is 0.739. The van der Waals surface area contributed by atoms with Gasteiger partial charge >= 0.3 is 0 Å². The monoisotopic (exact) mass is 195 g/mol. The molecule has 1 aromatic heterocycles. The first-order valence-electron chi connectivity index (χ1n) is 4.70. The minimum atomic E-state index is -0.342. The normalized spacial score (nSPS) is 13.1. The Bertz CT molecular complexity index is 317. The van der Waals surface area contributed by atoms with E-state index < -0.39 is 0 Å². The summed E-state index contributed by atoms with van der Waals surface area (Å²) in [5.41, 5.74) is 12.1. The van der Waals surface area contributed by atoms with Crippen LogP contribution in [-0.2, 0) is 11.3 Å². The number of hydrogen-bond acceptors (Lipinski definition) is 2. The molecule has 0 saturated carbocycles. The van der Waals surface area contributed by atoms with Gasteiger partial charge in [0.2, 0.25) is 5.91 Å². The fourth-order valence-corrected chi connectivity index (χ4v) is 1.32. The third-order valence-corrected chi connectivity index (χ3v) is 2.21. The molecule has 4 nitrogen and oxygen atoms in total. The Morgan fingerprint density at radius 1 is 1.57 bits per heavy atom. The summed E-state index contributed by atoms with van der Waals surface area (Å²) in [5, 5.41) is 0. The van der Waals surface area contributed by atoms with E-state index in [1.165, 1.54) is 0 Å². The van der Waals surface area contributed by atoms with E-state index in [9.17, 15) is 4.79 Å². The summed E-state index contributed by atoms with van der Waals surface area (Å²) in [7, 11) is 0. The first-order chi connectivity index (χ1) is 6.50. The molecule has 0 bridgehead atoms. The number of nitrogens with two attached hydrogens (primary N) is 2. The second kappa shape index (κ2) is 4.28. The molecule has 0 fully saturated rings. The highest BCUT2D eigenvalue weighted by Gasteiger charge is 2.11. The van der Waals surface area contributed by atoms with Crippen molar-refractivity contribution >= 4 is 5.91 Å². The van der Waals surface area contributed by atoms with E-state index in [4.69, 9.17) is 11.5 Å². The van der Waals surface area contributed by atoms with Gasteiger partial charge in [-0.3, -0.25) is 4.79 Å². The van der Waals surface area contributed by atoms with Gasteiger partial charge in [-0.1, -0.05) is 13.8 Å². The zero-order valence-corrected chi connectivity index (χ0v) is 8.60. The van der Waals surface area contributed by atoms with E-state index in [0.29, 0.717) is 5.92 Å². The Morgan fingerprint density at radius 3 is 2.71 bits per heavy atom. The molecule has 1 amide bonds. The second-order valence-electron chi connectivity index (χ2n) is 3.85. The lowest BCUT2D eigenvalue weighted by Gasteiger charge is -2.13. The standard InChI is InChI=1S/C10H17N3O/c1-7(2)10(12)8-3-4-13(5-8)6-9(11)14/h3-5,7,10H,6,12H2,1-2H3,(H2,11,14). The van der Waals surface area contributed by atoms with Crippen molar-refractivity contribution in [1.29, 1.82) is 0 Å². The lowest BCUT2D eigenvalue weighted by Crippen LogP contribution is -2.18. The highest BCUT2D eigenvalue weighted by Crippen LogP contribution is 2.18. The van der Waals surface area contributed by atoms with E-state index in [1.807, 2.05) is 18.5 Å². The zero-order valence-electron chi connectivity index (χ0n) is 8.60. The summed E-state index contributed by atoms with van der Waals surface area (Å²) < 4.78 is 1.75. The molecule has 0 aliphatic heterocycles. The van der Waals surface area contributed by atoms with Crippen LogP contribution >= 0.6 is 0 Å². The van der Waals surface area contributed by atoms with Gasteiger partial charge in [0.25, 0.3) is 0 Å². The van der Waals surface area contributed by atoms with Crippen LogP contribution in [0.25, 0.3) is 0 Å². The van der Waals surface area contributed by atoms with Crippen LogP contribution in [0, 0.1) is 5.92 Å². The molecule has 0 aromatic carbocycles. The third kappa shape index (κ3) is 2.60. The van der Waals surface area contributed by atoms with Crippen molar-refractivity contribution in [1.82, 2.24) is 4.57 Å². The van der Waals surface area contributed by atoms with E-state index >= 15 is 0 Å². The summed E-state index contributed by atoms with van der Waals surface area (Å²) in [4.78, 5) is 10.7. The zero-order chi connectivity index (χ0) is 10.7. The lowest BCUT2D eigenvalue weighted by molar-refractivity contribution is -0.118. The number of hydrogen-bond donors (Lipinski definition) is 2. The molecular weight excluding hydrogens is 178 g/mol. The van der Waals surface area contributed by atoms with Gasteiger partial charge in [-0.05, 0) is 17.5 Å². The first-order valence-corrected chi connectivity index (χ1v) is 4.70. The minimum absolute atomic E-state index is 0.0177. The molecule has 0 radical (unpaired) electrons. The molecule has 4 N–H and O–H groups in total. The van der Waals surface area contributed by atoms with E-state index in [2.05, 4.69) is 13.8 Å².